The number of thioether (sulfide) groups is 1. The zero-order valence-corrected chi connectivity index (χ0v) is 14.9. The summed E-state index contributed by atoms with van der Waals surface area (Å²) >= 11 is 4.98. The molecule has 0 spiro atoms. The lowest BCUT2D eigenvalue weighted by molar-refractivity contribution is -0.115. The smallest absolute Gasteiger partial charge is 0.238 e. The van der Waals surface area contributed by atoms with Gasteiger partial charge in [-0.25, -0.2) is 0 Å². The molecule has 0 radical (unpaired) electrons. The Morgan fingerprint density at radius 2 is 2.04 bits per heavy atom. The van der Waals surface area contributed by atoms with Crippen molar-refractivity contribution in [2.75, 3.05) is 17.3 Å². The second-order valence-corrected chi connectivity index (χ2v) is 7.05. The van der Waals surface area contributed by atoms with Gasteiger partial charge in [-0.05, 0) is 48.9 Å². The molecule has 0 saturated carbocycles. The molecule has 1 saturated heterocycles. The van der Waals surface area contributed by atoms with Gasteiger partial charge in [0.2, 0.25) is 5.91 Å². The number of benzene rings is 2. The average Bonchev–Trinajstić information content (AvgIpc) is 2.92. The van der Waals surface area contributed by atoms with E-state index in [2.05, 4.69) is 15.9 Å². The largest absolute Gasteiger partial charge is 0.504 e. The molecule has 0 bridgehead atoms. The number of rotatable bonds is 4. The topological polar surface area (TPSA) is 49.8 Å². The minimum atomic E-state index is -0.122. The number of hydrogen-bond acceptors (Lipinski definition) is 4. The molecule has 1 aliphatic rings. The van der Waals surface area contributed by atoms with Crippen LogP contribution in [-0.4, -0.2) is 23.4 Å². The summed E-state index contributed by atoms with van der Waals surface area (Å²) in [5.74, 6) is 1.07. The number of hydrogen-bond donors (Lipinski definition) is 1. The molecule has 23 heavy (non-hydrogen) atoms. The number of carbonyl (C=O) groups is 1. The van der Waals surface area contributed by atoms with Crippen LogP contribution in [0, 0.1) is 0 Å². The normalized spacial score (nSPS) is 17.6. The average molecular weight is 394 g/mol. The van der Waals surface area contributed by atoms with Crippen molar-refractivity contribution < 1.29 is 14.6 Å². The summed E-state index contributed by atoms with van der Waals surface area (Å²) in [6, 6.07) is 12.9. The first-order chi connectivity index (χ1) is 11.1. The number of carbonyl (C=O) groups excluding carboxylic acids is 1. The van der Waals surface area contributed by atoms with Crippen LogP contribution in [0.15, 0.2) is 46.9 Å². The van der Waals surface area contributed by atoms with Crippen LogP contribution in [0.25, 0.3) is 0 Å². The van der Waals surface area contributed by atoms with Gasteiger partial charge in [0.25, 0.3) is 0 Å². The van der Waals surface area contributed by atoms with Gasteiger partial charge in [-0.2, -0.15) is 0 Å². The van der Waals surface area contributed by atoms with Crippen LogP contribution in [0.2, 0.25) is 0 Å². The van der Waals surface area contributed by atoms with E-state index in [1.54, 1.807) is 28.8 Å². The van der Waals surface area contributed by atoms with E-state index >= 15 is 0 Å². The summed E-state index contributed by atoms with van der Waals surface area (Å²) in [5, 5.41) is 9.74. The first-order valence-corrected chi connectivity index (χ1v) is 9.09. The van der Waals surface area contributed by atoms with Gasteiger partial charge in [0.1, 0.15) is 5.37 Å². The van der Waals surface area contributed by atoms with Crippen molar-refractivity contribution in [1.29, 1.82) is 0 Å². The summed E-state index contributed by atoms with van der Waals surface area (Å²) in [6.45, 7) is 2.35. The standard InChI is InChI=1S/C17H16BrNO3S/c1-2-22-15-9-11(3-8-14(15)20)17-19(16(21)10-23-17)13-6-4-12(18)5-7-13/h3-9,17,20H,2,10H2,1H3. The molecule has 0 aliphatic carbocycles. The number of amides is 1. The third-order valence-electron chi connectivity index (χ3n) is 3.54. The first-order valence-electron chi connectivity index (χ1n) is 7.25. The third kappa shape index (κ3) is 3.33. The van der Waals surface area contributed by atoms with Crippen molar-refractivity contribution >= 4 is 39.3 Å². The number of phenolic OH excluding ortho intramolecular Hbond substituents is 1. The van der Waals surface area contributed by atoms with E-state index in [-0.39, 0.29) is 17.0 Å². The molecule has 1 heterocycles. The molecule has 1 unspecified atom stereocenters. The van der Waals surface area contributed by atoms with Gasteiger partial charge in [0, 0.05) is 10.2 Å². The summed E-state index contributed by atoms with van der Waals surface area (Å²) in [6.07, 6.45) is 0. The van der Waals surface area contributed by atoms with Crippen molar-refractivity contribution in [2.45, 2.75) is 12.3 Å². The molecule has 1 amide bonds. The van der Waals surface area contributed by atoms with Gasteiger partial charge < -0.3 is 9.84 Å². The highest BCUT2D eigenvalue weighted by Crippen LogP contribution is 2.43. The summed E-state index contributed by atoms with van der Waals surface area (Å²) in [7, 11) is 0. The Labute approximate surface area is 147 Å². The van der Waals surface area contributed by atoms with Crippen LogP contribution in [0.4, 0.5) is 5.69 Å². The zero-order valence-electron chi connectivity index (χ0n) is 12.5. The molecular formula is C17H16BrNO3S. The van der Waals surface area contributed by atoms with E-state index in [1.807, 2.05) is 37.3 Å². The predicted octanol–water partition coefficient (Wildman–Crippen LogP) is 4.33. The van der Waals surface area contributed by atoms with Crippen LogP contribution in [-0.2, 0) is 4.79 Å². The lowest BCUT2D eigenvalue weighted by Gasteiger charge is -2.25. The van der Waals surface area contributed by atoms with Crippen LogP contribution < -0.4 is 9.64 Å². The Balaban J connectivity index is 1.96. The van der Waals surface area contributed by atoms with E-state index in [4.69, 9.17) is 4.74 Å². The van der Waals surface area contributed by atoms with E-state index in [1.165, 1.54) is 0 Å². The molecule has 3 rings (SSSR count). The minimum Gasteiger partial charge on any atom is -0.504 e. The second kappa shape index (κ2) is 6.84. The summed E-state index contributed by atoms with van der Waals surface area (Å²) in [5.41, 5.74) is 1.80. The SMILES string of the molecule is CCOc1cc(C2SCC(=O)N2c2ccc(Br)cc2)ccc1O. The molecule has 1 N–H and O–H groups in total. The Hall–Kier alpha value is -1.66. The van der Waals surface area contributed by atoms with E-state index in [9.17, 15) is 9.90 Å². The van der Waals surface area contributed by atoms with E-state index in [0.717, 1.165) is 15.7 Å². The fraction of sp³-hybridized carbons (Fsp3) is 0.235. The summed E-state index contributed by atoms with van der Waals surface area (Å²) in [4.78, 5) is 14.1. The maximum atomic E-state index is 12.3. The van der Waals surface area contributed by atoms with Crippen LogP contribution in [0.3, 0.4) is 0 Å². The molecule has 4 nitrogen and oxygen atoms in total. The molecule has 2 aromatic rings. The minimum absolute atomic E-state index is 0.0772. The zero-order chi connectivity index (χ0) is 16.4. The Kier molecular flexibility index (Phi) is 4.82. The van der Waals surface area contributed by atoms with E-state index in [0.29, 0.717) is 18.1 Å². The molecule has 6 heteroatoms. The quantitative estimate of drug-likeness (QED) is 0.839. The van der Waals surface area contributed by atoms with Gasteiger partial charge in [-0.1, -0.05) is 22.0 Å². The lowest BCUT2D eigenvalue weighted by Crippen LogP contribution is -2.27. The number of halogens is 1. The fourth-order valence-electron chi connectivity index (χ4n) is 2.51. The lowest BCUT2D eigenvalue weighted by atomic mass is 10.1. The van der Waals surface area contributed by atoms with Gasteiger partial charge >= 0.3 is 0 Å². The molecule has 120 valence electrons. The monoisotopic (exact) mass is 393 g/mol. The second-order valence-electron chi connectivity index (χ2n) is 5.06. The number of ether oxygens (including phenoxy) is 1. The highest BCUT2D eigenvalue weighted by atomic mass is 79.9. The van der Waals surface area contributed by atoms with Gasteiger partial charge in [-0.15, -0.1) is 11.8 Å². The first kappa shape index (κ1) is 16.2. The van der Waals surface area contributed by atoms with Crippen molar-refractivity contribution in [3.05, 3.63) is 52.5 Å². The maximum Gasteiger partial charge on any atom is 0.238 e. The van der Waals surface area contributed by atoms with Crippen molar-refractivity contribution in [2.24, 2.45) is 0 Å². The molecule has 1 aliphatic heterocycles. The molecule has 2 aromatic carbocycles. The van der Waals surface area contributed by atoms with Crippen molar-refractivity contribution in [3.8, 4) is 11.5 Å². The Bertz CT molecular complexity index is 720. The third-order valence-corrected chi connectivity index (χ3v) is 5.28. The predicted molar refractivity (Wildman–Crippen MR) is 96.1 cm³/mol. The highest BCUT2D eigenvalue weighted by molar-refractivity contribution is 9.10. The van der Waals surface area contributed by atoms with Gasteiger partial charge in [0.05, 0.1) is 12.4 Å². The van der Waals surface area contributed by atoms with Gasteiger partial charge in [-0.3, -0.25) is 9.69 Å². The Morgan fingerprint density at radius 3 is 2.74 bits per heavy atom. The number of phenols is 1. The van der Waals surface area contributed by atoms with Crippen LogP contribution in [0.1, 0.15) is 17.9 Å². The van der Waals surface area contributed by atoms with Crippen LogP contribution in [0.5, 0.6) is 11.5 Å². The van der Waals surface area contributed by atoms with Crippen molar-refractivity contribution in [1.82, 2.24) is 0 Å². The molecule has 0 aromatic heterocycles. The number of nitrogens with zero attached hydrogens (tertiary/aromatic N) is 1. The van der Waals surface area contributed by atoms with E-state index < -0.39 is 0 Å². The maximum absolute atomic E-state index is 12.3. The van der Waals surface area contributed by atoms with Gasteiger partial charge in [0.15, 0.2) is 11.5 Å². The fourth-order valence-corrected chi connectivity index (χ4v) is 3.94. The van der Waals surface area contributed by atoms with Crippen molar-refractivity contribution in [3.63, 3.8) is 0 Å². The Morgan fingerprint density at radius 1 is 1.30 bits per heavy atom. The molecular weight excluding hydrogens is 378 g/mol. The molecule has 1 atom stereocenters. The number of aromatic hydroxyl groups is 1. The number of anilines is 1. The summed E-state index contributed by atoms with van der Waals surface area (Å²) < 4.78 is 6.42. The molecule has 1 fully saturated rings. The highest BCUT2D eigenvalue weighted by Gasteiger charge is 2.34. The van der Waals surface area contributed by atoms with Crippen LogP contribution >= 0.6 is 27.7 Å².